The van der Waals surface area contributed by atoms with Gasteiger partial charge in [-0.25, -0.2) is 27.2 Å². The Morgan fingerprint density at radius 2 is 1.62 bits per heavy atom. The lowest BCUT2D eigenvalue weighted by atomic mass is 10.3. The molecule has 0 spiro atoms. The molecule has 4 rings (SSSR count). The first-order valence-corrected chi connectivity index (χ1v) is 11.3. The fraction of sp³-hybridized carbons (Fsp3) is 0.238. The summed E-state index contributed by atoms with van der Waals surface area (Å²) in [5.74, 6) is -0.319. The van der Waals surface area contributed by atoms with Crippen molar-refractivity contribution in [2.24, 2.45) is 0 Å². The molecule has 0 radical (unpaired) electrons. The Labute approximate surface area is 184 Å². The number of hydrogen-bond donors (Lipinski definition) is 2. The summed E-state index contributed by atoms with van der Waals surface area (Å²) in [6, 6.07) is 10.7. The lowest BCUT2D eigenvalue weighted by molar-refractivity contribution is 0.122. The van der Waals surface area contributed by atoms with Gasteiger partial charge in [0.15, 0.2) is 11.6 Å². The lowest BCUT2D eigenvalue weighted by Gasteiger charge is -2.28. The van der Waals surface area contributed by atoms with Crippen molar-refractivity contribution in [3.8, 4) is 0 Å². The van der Waals surface area contributed by atoms with Crippen molar-refractivity contribution >= 4 is 33.0 Å². The van der Waals surface area contributed by atoms with Gasteiger partial charge in [-0.05, 0) is 49.4 Å². The maximum Gasteiger partial charge on any atom is 0.261 e. The third kappa shape index (κ3) is 5.11. The van der Waals surface area contributed by atoms with Crippen LogP contribution in [0.15, 0.2) is 53.4 Å². The Bertz CT molecular complexity index is 1220. The number of hydrogen-bond acceptors (Lipinski definition) is 7. The van der Waals surface area contributed by atoms with Gasteiger partial charge in [0, 0.05) is 30.5 Å². The van der Waals surface area contributed by atoms with E-state index in [0.717, 1.165) is 31.0 Å². The van der Waals surface area contributed by atoms with E-state index in [4.69, 9.17) is 4.74 Å². The van der Waals surface area contributed by atoms with E-state index in [0.29, 0.717) is 36.6 Å². The molecule has 8 nitrogen and oxygen atoms in total. The quantitative estimate of drug-likeness (QED) is 0.581. The molecule has 11 heteroatoms. The molecule has 1 aliphatic heterocycles. The smallest absolute Gasteiger partial charge is 0.261 e. The number of anilines is 4. The molecule has 1 fully saturated rings. The summed E-state index contributed by atoms with van der Waals surface area (Å²) in [4.78, 5) is 10.6. The van der Waals surface area contributed by atoms with Gasteiger partial charge in [0.2, 0.25) is 0 Å². The zero-order chi connectivity index (χ0) is 22.7. The third-order valence-corrected chi connectivity index (χ3v) is 6.15. The number of nitrogens with zero attached hydrogens (tertiary/aromatic N) is 3. The number of halogens is 2. The highest BCUT2D eigenvalue weighted by molar-refractivity contribution is 7.92. The lowest BCUT2D eigenvalue weighted by Crippen LogP contribution is -2.36. The van der Waals surface area contributed by atoms with Crippen LogP contribution in [-0.2, 0) is 14.8 Å². The number of benzene rings is 2. The van der Waals surface area contributed by atoms with Crippen molar-refractivity contribution in [3.05, 3.63) is 66.0 Å². The second-order valence-electron chi connectivity index (χ2n) is 7.14. The van der Waals surface area contributed by atoms with Gasteiger partial charge in [-0.15, -0.1) is 0 Å². The standard InChI is InChI=1S/C21H21F2N5O3S/c1-14-24-20(13-21(25-14)28-8-10-31-11-9-28)26-15-2-4-16(5-3-15)27-32(29,30)17-6-7-18(22)19(23)12-17/h2-7,12-13,27H,8-11H2,1H3,(H,24,25,26). The second-order valence-corrected chi connectivity index (χ2v) is 8.82. The van der Waals surface area contributed by atoms with Crippen LogP contribution in [0.25, 0.3) is 0 Å². The fourth-order valence-electron chi connectivity index (χ4n) is 3.20. The zero-order valence-corrected chi connectivity index (χ0v) is 18.0. The molecule has 0 bridgehead atoms. The van der Waals surface area contributed by atoms with E-state index < -0.39 is 21.7 Å². The van der Waals surface area contributed by atoms with Crippen molar-refractivity contribution in [1.29, 1.82) is 0 Å². The molecular weight excluding hydrogens is 440 g/mol. The zero-order valence-electron chi connectivity index (χ0n) is 17.2. The molecule has 0 saturated carbocycles. The molecule has 2 heterocycles. The summed E-state index contributed by atoms with van der Waals surface area (Å²) in [6.07, 6.45) is 0. The van der Waals surface area contributed by atoms with Crippen molar-refractivity contribution in [2.75, 3.05) is 41.2 Å². The van der Waals surface area contributed by atoms with Gasteiger partial charge in [0.05, 0.1) is 18.1 Å². The molecule has 1 aliphatic rings. The number of rotatable bonds is 6. The molecule has 1 aromatic heterocycles. The summed E-state index contributed by atoms with van der Waals surface area (Å²) >= 11 is 0. The third-order valence-electron chi connectivity index (χ3n) is 4.77. The number of ether oxygens (including phenoxy) is 1. The molecule has 0 atom stereocenters. The maximum absolute atomic E-state index is 13.4. The van der Waals surface area contributed by atoms with Crippen molar-refractivity contribution in [3.63, 3.8) is 0 Å². The summed E-state index contributed by atoms with van der Waals surface area (Å²) in [5, 5.41) is 3.18. The van der Waals surface area contributed by atoms with Crippen LogP contribution in [0.2, 0.25) is 0 Å². The average Bonchev–Trinajstić information content (AvgIpc) is 2.77. The Morgan fingerprint density at radius 3 is 2.31 bits per heavy atom. The van der Waals surface area contributed by atoms with E-state index in [2.05, 4.69) is 24.9 Å². The Balaban J connectivity index is 1.47. The summed E-state index contributed by atoms with van der Waals surface area (Å²) in [6.45, 7) is 4.61. The highest BCUT2D eigenvalue weighted by Gasteiger charge is 2.17. The first kappa shape index (κ1) is 21.9. The van der Waals surface area contributed by atoms with E-state index in [1.807, 2.05) is 13.0 Å². The van der Waals surface area contributed by atoms with Gasteiger partial charge in [0.25, 0.3) is 10.0 Å². The number of nitrogens with one attached hydrogen (secondary N) is 2. The molecule has 0 aliphatic carbocycles. The normalized spacial score (nSPS) is 14.3. The van der Waals surface area contributed by atoms with E-state index >= 15 is 0 Å². The Kier molecular flexibility index (Phi) is 6.19. The van der Waals surface area contributed by atoms with Crippen molar-refractivity contribution in [2.45, 2.75) is 11.8 Å². The fourth-order valence-corrected chi connectivity index (χ4v) is 4.27. The average molecular weight is 461 g/mol. The first-order chi connectivity index (χ1) is 15.3. The van der Waals surface area contributed by atoms with Gasteiger partial charge < -0.3 is 15.0 Å². The van der Waals surface area contributed by atoms with Crippen LogP contribution in [0, 0.1) is 18.6 Å². The topological polar surface area (TPSA) is 96.5 Å². The SMILES string of the molecule is Cc1nc(Nc2ccc(NS(=O)(=O)c3ccc(F)c(F)c3)cc2)cc(N2CCOCC2)n1. The van der Waals surface area contributed by atoms with Crippen molar-refractivity contribution in [1.82, 2.24) is 9.97 Å². The molecule has 2 N–H and O–H groups in total. The molecule has 1 saturated heterocycles. The van der Waals surface area contributed by atoms with Crippen LogP contribution in [0.5, 0.6) is 0 Å². The van der Waals surface area contributed by atoms with Gasteiger partial charge in [-0.2, -0.15) is 0 Å². The number of morpholine rings is 1. The van der Waals surface area contributed by atoms with Gasteiger partial charge >= 0.3 is 0 Å². The van der Waals surface area contributed by atoms with Gasteiger partial charge in [0.1, 0.15) is 17.5 Å². The molecule has 2 aromatic carbocycles. The summed E-state index contributed by atoms with van der Waals surface area (Å²) in [7, 11) is -4.06. The summed E-state index contributed by atoms with van der Waals surface area (Å²) in [5.41, 5.74) is 0.958. The minimum Gasteiger partial charge on any atom is -0.378 e. The van der Waals surface area contributed by atoms with Gasteiger partial charge in [-0.1, -0.05) is 0 Å². The van der Waals surface area contributed by atoms with Crippen molar-refractivity contribution < 1.29 is 21.9 Å². The highest BCUT2D eigenvalue weighted by Crippen LogP contribution is 2.23. The van der Waals surface area contributed by atoms with E-state index in [1.165, 1.54) is 0 Å². The van der Waals surface area contributed by atoms with E-state index in [1.54, 1.807) is 24.3 Å². The monoisotopic (exact) mass is 461 g/mol. The molecule has 0 unspecified atom stereocenters. The Morgan fingerprint density at radius 1 is 0.938 bits per heavy atom. The van der Waals surface area contributed by atoms with E-state index in [9.17, 15) is 17.2 Å². The minimum atomic E-state index is -4.06. The first-order valence-electron chi connectivity index (χ1n) is 9.83. The molecule has 168 valence electrons. The summed E-state index contributed by atoms with van der Waals surface area (Å²) < 4.78 is 59.0. The second kappa shape index (κ2) is 9.05. The molecular formula is C21H21F2N5O3S. The minimum absolute atomic E-state index is 0.271. The molecule has 0 amide bonds. The molecule has 32 heavy (non-hydrogen) atoms. The van der Waals surface area contributed by atoms with E-state index in [-0.39, 0.29) is 10.6 Å². The van der Waals surface area contributed by atoms with Crippen LogP contribution in [0.4, 0.5) is 31.8 Å². The van der Waals surface area contributed by atoms with Crippen LogP contribution in [0.1, 0.15) is 5.82 Å². The number of aromatic nitrogens is 2. The van der Waals surface area contributed by atoms with Gasteiger partial charge in [-0.3, -0.25) is 4.72 Å². The number of aryl methyl sites for hydroxylation is 1. The van der Waals surface area contributed by atoms with Crippen LogP contribution < -0.4 is 14.9 Å². The number of sulfonamides is 1. The predicted molar refractivity (Wildman–Crippen MR) is 117 cm³/mol. The van der Waals surface area contributed by atoms with Crippen LogP contribution >= 0.6 is 0 Å². The highest BCUT2D eigenvalue weighted by atomic mass is 32.2. The Hall–Kier alpha value is -3.31. The molecule has 3 aromatic rings. The van der Waals surface area contributed by atoms with Crippen LogP contribution in [-0.4, -0.2) is 44.7 Å². The predicted octanol–water partition coefficient (Wildman–Crippen LogP) is 3.44. The van der Waals surface area contributed by atoms with Crippen LogP contribution in [0.3, 0.4) is 0 Å². The largest absolute Gasteiger partial charge is 0.378 e. The maximum atomic E-state index is 13.4.